The van der Waals surface area contributed by atoms with Crippen molar-refractivity contribution in [2.24, 2.45) is 5.92 Å². The van der Waals surface area contributed by atoms with E-state index < -0.39 is 0 Å². The maximum Gasteiger partial charge on any atom is 0.0830 e. The van der Waals surface area contributed by atoms with Crippen LogP contribution in [-0.4, -0.2) is 17.2 Å². The second-order valence-corrected chi connectivity index (χ2v) is 6.00. The van der Waals surface area contributed by atoms with Crippen LogP contribution in [0.25, 0.3) is 0 Å². The first-order chi connectivity index (χ1) is 9.11. The van der Waals surface area contributed by atoms with E-state index in [4.69, 9.17) is 0 Å². The molecule has 0 saturated carbocycles. The maximum atomic E-state index is 10.6. The van der Waals surface area contributed by atoms with Gasteiger partial charge in [0.1, 0.15) is 0 Å². The van der Waals surface area contributed by atoms with Crippen molar-refractivity contribution in [1.29, 1.82) is 0 Å². The summed E-state index contributed by atoms with van der Waals surface area (Å²) in [5.41, 5.74) is 2.37. The molecule has 1 saturated heterocycles. The zero-order chi connectivity index (χ0) is 13.8. The maximum absolute atomic E-state index is 10.6. The molecule has 2 heteroatoms. The van der Waals surface area contributed by atoms with Crippen LogP contribution >= 0.6 is 0 Å². The van der Waals surface area contributed by atoms with Gasteiger partial charge in [-0.3, -0.25) is 0 Å². The number of nitrogens with one attached hydrogen (secondary N) is 1. The van der Waals surface area contributed by atoms with Gasteiger partial charge in [0, 0.05) is 18.0 Å². The molecule has 4 atom stereocenters. The van der Waals surface area contributed by atoms with Crippen LogP contribution in [-0.2, 0) is 6.42 Å². The Morgan fingerprint density at radius 3 is 2.53 bits per heavy atom. The third-order valence-electron chi connectivity index (χ3n) is 4.51. The fourth-order valence-corrected chi connectivity index (χ4v) is 3.06. The molecule has 1 aromatic carbocycles. The molecule has 2 rings (SSSR count). The Morgan fingerprint density at radius 2 is 1.95 bits per heavy atom. The normalized spacial score (nSPS) is 26.9. The Bertz CT molecular complexity index is 387. The molecular weight excluding hydrogens is 234 g/mol. The summed E-state index contributed by atoms with van der Waals surface area (Å²) in [5.74, 6) is 0.259. The summed E-state index contributed by atoms with van der Waals surface area (Å²) in [7, 11) is 0. The Hall–Kier alpha value is -0.860. The van der Waals surface area contributed by atoms with Gasteiger partial charge >= 0.3 is 0 Å². The van der Waals surface area contributed by atoms with E-state index in [-0.39, 0.29) is 12.0 Å². The minimum Gasteiger partial charge on any atom is -0.388 e. The number of aliphatic hydroxyl groups is 1. The standard InChI is InChI=1S/C17H27NO/c1-4-14-8-10-15(11-9-14)17(19)13(3)16-7-5-6-12(2)18-16/h8-13,16-19H,4-7H2,1-3H3. The smallest absolute Gasteiger partial charge is 0.0830 e. The Labute approximate surface area is 117 Å². The van der Waals surface area contributed by atoms with E-state index in [1.807, 2.05) is 0 Å². The summed E-state index contributed by atoms with van der Waals surface area (Å²) in [6.45, 7) is 6.55. The fourth-order valence-electron chi connectivity index (χ4n) is 3.06. The quantitative estimate of drug-likeness (QED) is 0.870. The van der Waals surface area contributed by atoms with Crippen molar-refractivity contribution >= 4 is 0 Å². The van der Waals surface area contributed by atoms with Crippen LogP contribution in [0.2, 0.25) is 0 Å². The molecule has 0 aliphatic carbocycles. The van der Waals surface area contributed by atoms with E-state index in [0.29, 0.717) is 12.1 Å². The summed E-state index contributed by atoms with van der Waals surface area (Å²) >= 11 is 0. The highest BCUT2D eigenvalue weighted by Gasteiger charge is 2.28. The molecule has 0 bridgehead atoms. The van der Waals surface area contributed by atoms with Gasteiger partial charge in [-0.1, -0.05) is 44.5 Å². The molecule has 19 heavy (non-hydrogen) atoms. The van der Waals surface area contributed by atoms with E-state index in [2.05, 4.69) is 50.4 Å². The first-order valence-electron chi connectivity index (χ1n) is 7.64. The van der Waals surface area contributed by atoms with Crippen molar-refractivity contribution in [3.05, 3.63) is 35.4 Å². The number of hydrogen-bond donors (Lipinski definition) is 2. The second-order valence-electron chi connectivity index (χ2n) is 6.00. The lowest BCUT2D eigenvalue weighted by atomic mass is 9.85. The predicted octanol–water partition coefficient (Wildman–Crippen LogP) is 3.45. The van der Waals surface area contributed by atoms with Gasteiger partial charge in [0.25, 0.3) is 0 Å². The van der Waals surface area contributed by atoms with Gasteiger partial charge in [0.2, 0.25) is 0 Å². The van der Waals surface area contributed by atoms with Crippen LogP contribution in [0, 0.1) is 5.92 Å². The fraction of sp³-hybridized carbons (Fsp3) is 0.647. The van der Waals surface area contributed by atoms with Gasteiger partial charge in [-0.15, -0.1) is 0 Å². The monoisotopic (exact) mass is 261 g/mol. The van der Waals surface area contributed by atoms with Crippen LogP contribution in [0.1, 0.15) is 57.3 Å². The number of aliphatic hydroxyl groups excluding tert-OH is 1. The van der Waals surface area contributed by atoms with Crippen molar-refractivity contribution in [2.75, 3.05) is 0 Å². The lowest BCUT2D eigenvalue weighted by Gasteiger charge is -2.35. The first kappa shape index (κ1) is 14.5. The van der Waals surface area contributed by atoms with Gasteiger partial charge in [0.15, 0.2) is 0 Å². The zero-order valence-corrected chi connectivity index (χ0v) is 12.4. The number of benzene rings is 1. The van der Waals surface area contributed by atoms with Crippen LogP contribution in [0.15, 0.2) is 24.3 Å². The molecule has 0 aromatic heterocycles. The molecule has 1 aliphatic rings. The SMILES string of the molecule is CCc1ccc(C(O)C(C)C2CCCC(C)N2)cc1. The van der Waals surface area contributed by atoms with Gasteiger partial charge in [-0.2, -0.15) is 0 Å². The molecule has 0 spiro atoms. The highest BCUT2D eigenvalue weighted by molar-refractivity contribution is 5.24. The zero-order valence-electron chi connectivity index (χ0n) is 12.4. The average Bonchev–Trinajstić information content (AvgIpc) is 2.46. The second kappa shape index (κ2) is 6.53. The summed E-state index contributed by atoms with van der Waals surface area (Å²) in [6, 6.07) is 9.42. The van der Waals surface area contributed by atoms with Gasteiger partial charge in [-0.05, 0) is 37.3 Å². The first-order valence-corrected chi connectivity index (χ1v) is 7.64. The lowest BCUT2D eigenvalue weighted by Crippen LogP contribution is -2.45. The van der Waals surface area contributed by atoms with E-state index in [1.165, 1.54) is 24.8 Å². The third kappa shape index (κ3) is 3.58. The Morgan fingerprint density at radius 1 is 1.26 bits per heavy atom. The molecule has 106 valence electrons. The molecule has 4 unspecified atom stereocenters. The van der Waals surface area contributed by atoms with Crippen molar-refractivity contribution in [1.82, 2.24) is 5.32 Å². The molecule has 0 amide bonds. The third-order valence-corrected chi connectivity index (χ3v) is 4.51. The molecule has 1 aliphatic heterocycles. The molecule has 1 heterocycles. The molecular formula is C17H27NO. The highest BCUT2D eigenvalue weighted by atomic mass is 16.3. The lowest BCUT2D eigenvalue weighted by molar-refractivity contribution is 0.0810. The van der Waals surface area contributed by atoms with Crippen LogP contribution in [0.3, 0.4) is 0 Å². The van der Waals surface area contributed by atoms with Crippen LogP contribution in [0.5, 0.6) is 0 Å². The average molecular weight is 261 g/mol. The van der Waals surface area contributed by atoms with Crippen molar-refractivity contribution in [2.45, 2.75) is 64.6 Å². The van der Waals surface area contributed by atoms with Crippen molar-refractivity contribution in [3.63, 3.8) is 0 Å². The summed E-state index contributed by atoms with van der Waals surface area (Å²) < 4.78 is 0. The largest absolute Gasteiger partial charge is 0.388 e. The molecule has 2 nitrogen and oxygen atoms in total. The van der Waals surface area contributed by atoms with E-state index in [1.54, 1.807) is 0 Å². The van der Waals surface area contributed by atoms with Gasteiger partial charge in [0.05, 0.1) is 6.10 Å². The van der Waals surface area contributed by atoms with Crippen LogP contribution < -0.4 is 5.32 Å². The minimum absolute atomic E-state index is 0.259. The number of piperidine rings is 1. The van der Waals surface area contributed by atoms with Gasteiger partial charge < -0.3 is 10.4 Å². The van der Waals surface area contributed by atoms with E-state index >= 15 is 0 Å². The number of aryl methyl sites for hydroxylation is 1. The minimum atomic E-state index is -0.367. The van der Waals surface area contributed by atoms with Crippen molar-refractivity contribution in [3.8, 4) is 0 Å². The summed E-state index contributed by atoms with van der Waals surface area (Å²) in [4.78, 5) is 0. The Kier molecular flexibility index (Phi) is 5.00. The summed E-state index contributed by atoms with van der Waals surface area (Å²) in [5, 5.41) is 14.2. The van der Waals surface area contributed by atoms with Gasteiger partial charge in [-0.25, -0.2) is 0 Å². The molecule has 1 aromatic rings. The molecule has 2 N–H and O–H groups in total. The number of rotatable bonds is 4. The van der Waals surface area contributed by atoms with Crippen LogP contribution in [0.4, 0.5) is 0 Å². The highest BCUT2D eigenvalue weighted by Crippen LogP contribution is 2.29. The van der Waals surface area contributed by atoms with Crippen molar-refractivity contribution < 1.29 is 5.11 Å². The predicted molar refractivity (Wildman–Crippen MR) is 80.2 cm³/mol. The Balaban J connectivity index is 2.02. The topological polar surface area (TPSA) is 32.3 Å². The number of hydrogen-bond acceptors (Lipinski definition) is 2. The molecule has 0 radical (unpaired) electrons. The van der Waals surface area contributed by atoms with E-state index in [9.17, 15) is 5.11 Å². The van der Waals surface area contributed by atoms with E-state index in [0.717, 1.165) is 12.0 Å². The summed E-state index contributed by atoms with van der Waals surface area (Å²) in [6.07, 6.45) is 4.38. The molecule has 1 fully saturated rings.